The van der Waals surface area contributed by atoms with Crippen molar-refractivity contribution in [2.75, 3.05) is 7.11 Å². The Balaban J connectivity index is 2.34. The molecule has 0 unspecified atom stereocenters. The lowest BCUT2D eigenvalue weighted by molar-refractivity contribution is 0.0694. The van der Waals surface area contributed by atoms with Crippen LogP contribution < -0.4 is 9.47 Å². The molecule has 0 bridgehead atoms. The Morgan fingerprint density at radius 2 is 2.11 bits per heavy atom. The van der Waals surface area contributed by atoms with Gasteiger partial charge in [-0.15, -0.1) is 0 Å². The summed E-state index contributed by atoms with van der Waals surface area (Å²) in [6.07, 6.45) is 1.46. The van der Waals surface area contributed by atoms with Gasteiger partial charge in [-0.1, -0.05) is 12.1 Å². The first kappa shape index (κ1) is 13.3. The van der Waals surface area contributed by atoms with Gasteiger partial charge in [-0.3, -0.25) is 0 Å². The summed E-state index contributed by atoms with van der Waals surface area (Å²) in [5.41, 5.74) is 0.0352. The third-order valence-corrected chi connectivity index (χ3v) is 2.75. The van der Waals surface area contributed by atoms with E-state index >= 15 is 0 Å². The third-order valence-electron chi connectivity index (χ3n) is 2.20. The van der Waals surface area contributed by atoms with E-state index in [1.165, 1.54) is 25.4 Å². The molecule has 0 aliphatic rings. The van der Waals surface area contributed by atoms with Crippen LogP contribution in [0.5, 0.6) is 17.6 Å². The second kappa shape index (κ2) is 5.66. The Morgan fingerprint density at radius 1 is 1.37 bits per heavy atom. The van der Waals surface area contributed by atoms with Gasteiger partial charge in [-0.05, 0) is 28.1 Å². The summed E-state index contributed by atoms with van der Waals surface area (Å²) in [5, 5.41) is 9.04. The summed E-state index contributed by atoms with van der Waals surface area (Å²) in [7, 11) is 1.46. The second-order valence-corrected chi connectivity index (χ2v) is 4.27. The van der Waals surface area contributed by atoms with Crippen LogP contribution in [0, 0.1) is 0 Å². The molecule has 0 fully saturated rings. The van der Waals surface area contributed by atoms with E-state index in [9.17, 15) is 4.79 Å². The van der Waals surface area contributed by atoms with Gasteiger partial charge in [0, 0.05) is 0 Å². The standard InChI is InChI=1S/C12H9BrN2O4/c1-18-10-8(13)6-14-12(15-10)19-9-5-3-2-4-7(9)11(16)17/h2-6H,1H3,(H,16,17). The van der Waals surface area contributed by atoms with Crippen molar-refractivity contribution in [3.8, 4) is 17.6 Å². The number of hydrogen-bond acceptors (Lipinski definition) is 5. The number of carboxylic acids is 1. The Bertz CT molecular complexity index is 618. The van der Waals surface area contributed by atoms with Gasteiger partial charge in [0.2, 0.25) is 5.88 Å². The minimum atomic E-state index is -1.08. The van der Waals surface area contributed by atoms with E-state index in [-0.39, 0.29) is 17.3 Å². The Hall–Kier alpha value is -2.15. The minimum Gasteiger partial charge on any atom is -0.480 e. The number of aromatic nitrogens is 2. The largest absolute Gasteiger partial charge is 0.480 e. The highest BCUT2D eigenvalue weighted by molar-refractivity contribution is 9.10. The SMILES string of the molecule is COc1nc(Oc2ccccc2C(=O)O)ncc1Br. The fraction of sp³-hybridized carbons (Fsp3) is 0.0833. The molecule has 2 rings (SSSR count). The van der Waals surface area contributed by atoms with E-state index < -0.39 is 5.97 Å². The lowest BCUT2D eigenvalue weighted by Gasteiger charge is -2.08. The van der Waals surface area contributed by atoms with Crippen LogP contribution in [0.3, 0.4) is 0 Å². The number of methoxy groups -OCH3 is 1. The van der Waals surface area contributed by atoms with E-state index in [2.05, 4.69) is 25.9 Å². The van der Waals surface area contributed by atoms with E-state index in [4.69, 9.17) is 14.6 Å². The van der Waals surface area contributed by atoms with E-state index in [1.807, 2.05) is 0 Å². The first-order chi connectivity index (χ1) is 9.11. The topological polar surface area (TPSA) is 81.5 Å². The first-order valence-corrected chi connectivity index (χ1v) is 5.98. The molecule has 7 heteroatoms. The molecule has 6 nitrogen and oxygen atoms in total. The van der Waals surface area contributed by atoms with Gasteiger partial charge < -0.3 is 14.6 Å². The molecule has 2 aromatic rings. The lowest BCUT2D eigenvalue weighted by atomic mass is 10.2. The highest BCUT2D eigenvalue weighted by atomic mass is 79.9. The second-order valence-electron chi connectivity index (χ2n) is 3.41. The fourth-order valence-corrected chi connectivity index (χ4v) is 1.71. The van der Waals surface area contributed by atoms with Gasteiger partial charge in [0.25, 0.3) is 0 Å². The molecule has 1 N–H and O–H groups in total. The average Bonchev–Trinajstić information content (AvgIpc) is 2.41. The molecule has 19 heavy (non-hydrogen) atoms. The van der Waals surface area contributed by atoms with Crippen molar-refractivity contribution in [3.05, 3.63) is 40.5 Å². The third kappa shape index (κ3) is 3.00. The predicted molar refractivity (Wildman–Crippen MR) is 69.8 cm³/mol. The maximum atomic E-state index is 11.0. The Kier molecular flexibility index (Phi) is 3.96. The molecule has 1 aromatic heterocycles. The molecular formula is C12H9BrN2O4. The van der Waals surface area contributed by atoms with Crippen molar-refractivity contribution in [1.82, 2.24) is 9.97 Å². The average molecular weight is 325 g/mol. The van der Waals surface area contributed by atoms with E-state index in [1.54, 1.807) is 12.1 Å². The molecular weight excluding hydrogens is 316 g/mol. The highest BCUT2D eigenvalue weighted by Gasteiger charge is 2.13. The monoisotopic (exact) mass is 324 g/mol. The number of benzene rings is 1. The lowest BCUT2D eigenvalue weighted by Crippen LogP contribution is -2.01. The molecule has 98 valence electrons. The number of ether oxygens (including phenoxy) is 2. The van der Waals surface area contributed by atoms with Gasteiger partial charge in [0.05, 0.1) is 17.8 Å². The number of hydrogen-bond donors (Lipinski definition) is 1. The molecule has 0 saturated carbocycles. The van der Waals surface area contributed by atoms with E-state index in [0.29, 0.717) is 10.4 Å². The molecule has 0 aliphatic heterocycles. The number of rotatable bonds is 4. The fourth-order valence-electron chi connectivity index (χ4n) is 1.36. The van der Waals surface area contributed by atoms with Crippen LogP contribution in [0.2, 0.25) is 0 Å². The molecule has 0 aliphatic carbocycles. The van der Waals surface area contributed by atoms with Gasteiger partial charge in [-0.2, -0.15) is 4.98 Å². The summed E-state index contributed by atoms with van der Waals surface area (Å²) in [6.45, 7) is 0. The van der Waals surface area contributed by atoms with Gasteiger partial charge in [0.15, 0.2) is 0 Å². The molecule has 0 spiro atoms. The zero-order chi connectivity index (χ0) is 13.8. The quantitative estimate of drug-likeness (QED) is 0.931. The molecule has 0 radical (unpaired) electrons. The van der Waals surface area contributed by atoms with Crippen molar-refractivity contribution in [2.24, 2.45) is 0 Å². The van der Waals surface area contributed by atoms with Crippen LogP contribution in [0.25, 0.3) is 0 Å². The first-order valence-electron chi connectivity index (χ1n) is 5.18. The van der Waals surface area contributed by atoms with Crippen LogP contribution in [0.4, 0.5) is 0 Å². The van der Waals surface area contributed by atoms with Crippen LogP contribution >= 0.6 is 15.9 Å². The molecule has 0 amide bonds. The smallest absolute Gasteiger partial charge is 0.339 e. The highest BCUT2D eigenvalue weighted by Crippen LogP contribution is 2.27. The summed E-state index contributed by atoms with van der Waals surface area (Å²) >= 11 is 3.21. The normalized spacial score (nSPS) is 10.0. The van der Waals surface area contributed by atoms with Crippen LogP contribution in [-0.2, 0) is 0 Å². The summed E-state index contributed by atoms with van der Waals surface area (Å²) < 4.78 is 10.9. The minimum absolute atomic E-state index is 0.00810. The number of nitrogens with zero attached hydrogens (tertiary/aromatic N) is 2. The van der Waals surface area contributed by atoms with Gasteiger partial charge >= 0.3 is 12.0 Å². The van der Waals surface area contributed by atoms with Crippen molar-refractivity contribution >= 4 is 21.9 Å². The number of para-hydroxylation sites is 1. The summed E-state index contributed by atoms with van der Waals surface area (Å²) in [5.74, 6) is -0.614. The van der Waals surface area contributed by atoms with Gasteiger partial charge in [0.1, 0.15) is 11.3 Å². The predicted octanol–water partition coefficient (Wildman–Crippen LogP) is 2.74. The van der Waals surface area contributed by atoms with Crippen molar-refractivity contribution in [1.29, 1.82) is 0 Å². The number of carbonyl (C=O) groups is 1. The summed E-state index contributed by atoms with van der Waals surface area (Å²) in [4.78, 5) is 19.0. The molecule has 1 aromatic carbocycles. The Morgan fingerprint density at radius 3 is 2.79 bits per heavy atom. The van der Waals surface area contributed by atoms with Crippen molar-refractivity contribution in [2.45, 2.75) is 0 Å². The number of carboxylic acid groups (broad SMARTS) is 1. The van der Waals surface area contributed by atoms with Crippen LogP contribution in [0.1, 0.15) is 10.4 Å². The zero-order valence-corrected chi connectivity index (χ0v) is 11.4. The van der Waals surface area contributed by atoms with Gasteiger partial charge in [-0.25, -0.2) is 9.78 Å². The number of aromatic carboxylic acids is 1. The molecule has 0 atom stereocenters. The van der Waals surface area contributed by atoms with E-state index in [0.717, 1.165) is 0 Å². The maximum Gasteiger partial charge on any atom is 0.339 e. The van der Waals surface area contributed by atoms with Crippen LogP contribution in [-0.4, -0.2) is 28.2 Å². The maximum absolute atomic E-state index is 11.0. The summed E-state index contributed by atoms with van der Waals surface area (Å²) in [6, 6.07) is 6.25. The Labute approximate surface area is 117 Å². The van der Waals surface area contributed by atoms with Crippen molar-refractivity contribution < 1.29 is 19.4 Å². The van der Waals surface area contributed by atoms with Crippen molar-refractivity contribution in [3.63, 3.8) is 0 Å². The zero-order valence-electron chi connectivity index (χ0n) is 9.83. The van der Waals surface area contributed by atoms with Crippen LogP contribution in [0.15, 0.2) is 34.9 Å². The number of halogens is 1. The molecule has 1 heterocycles. The molecule has 0 saturated heterocycles.